The lowest BCUT2D eigenvalue weighted by Crippen LogP contribution is -2.51. The maximum Gasteiger partial charge on any atom is 0.261 e. The lowest BCUT2D eigenvalue weighted by molar-refractivity contribution is -0.132. The summed E-state index contributed by atoms with van der Waals surface area (Å²) in [6.45, 7) is 8.55. The zero-order valence-corrected chi connectivity index (χ0v) is 24.9. The number of fused-ring (bicyclic) bond motifs is 1. The summed E-state index contributed by atoms with van der Waals surface area (Å²) in [5.41, 5.74) is 2.13. The van der Waals surface area contributed by atoms with E-state index >= 15 is 0 Å². The number of thiophene rings is 1. The molecule has 0 spiro atoms. The first-order valence-electron chi connectivity index (χ1n) is 15.0. The molecule has 0 saturated carbocycles. The fourth-order valence-electron chi connectivity index (χ4n) is 6.16. The molecule has 43 heavy (non-hydrogen) atoms. The molecule has 0 aliphatic carbocycles. The quantitative estimate of drug-likeness (QED) is 0.290. The minimum Gasteiger partial charge on any atom is -0.368 e. The summed E-state index contributed by atoms with van der Waals surface area (Å²) in [6.07, 6.45) is 4.34. The highest BCUT2D eigenvalue weighted by atomic mass is 32.1. The topological polar surface area (TPSA) is 126 Å². The van der Waals surface area contributed by atoms with Crippen LogP contribution < -0.4 is 20.4 Å². The number of benzene rings is 1. The van der Waals surface area contributed by atoms with Crippen molar-refractivity contribution in [2.75, 3.05) is 81.8 Å². The molecule has 3 aromatic heterocycles. The standard InChI is InChI=1S/C30H36N10O2S/c41-26(39-16-14-38(15-17-39)23-4-2-21(3-5-23)27-32-7-1-8-33-27)20-37-11-6-22(19-37)34-29(42)25-18-24-28(35-36-30(24)43-25)40-12-9-31-10-13-40/h1-5,7-8,18,22,31H,6,9-17,19-20H2,(H,34,42)(H,35,36)/t22-/m0/s1. The van der Waals surface area contributed by atoms with Crippen molar-refractivity contribution in [2.24, 2.45) is 0 Å². The number of anilines is 2. The molecule has 12 nitrogen and oxygen atoms in total. The maximum atomic E-state index is 13.1. The Kier molecular flexibility index (Phi) is 7.92. The minimum absolute atomic E-state index is 0.0348. The number of H-pyrrole nitrogens is 1. The molecular formula is C30H36N10O2S. The van der Waals surface area contributed by atoms with E-state index in [9.17, 15) is 9.59 Å². The van der Waals surface area contributed by atoms with Gasteiger partial charge in [0.25, 0.3) is 5.91 Å². The van der Waals surface area contributed by atoms with Crippen molar-refractivity contribution >= 4 is 44.9 Å². The number of hydrogen-bond acceptors (Lipinski definition) is 10. The average Bonchev–Trinajstić information content (AvgIpc) is 3.79. The van der Waals surface area contributed by atoms with Gasteiger partial charge >= 0.3 is 0 Å². The predicted molar refractivity (Wildman–Crippen MR) is 168 cm³/mol. The summed E-state index contributed by atoms with van der Waals surface area (Å²) in [5, 5.41) is 15.2. The van der Waals surface area contributed by atoms with Gasteiger partial charge in [-0.2, -0.15) is 5.10 Å². The predicted octanol–water partition coefficient (Wildman–Crippen LogP) is 1.64. The number of rotatable bonds is 7. The van der Waals surface area contributed by atoms with Crippen LogP contribution in [0.15, 0.2) is 48.8 Å². The van der Waals surface area contributed by atoms with E-state index in [2.05, 4.69) is 57.6 Å². The Morgan fingerprint density at radius 3 is 2.49 bits per heavy atom. The molecule has 7 rings (SSSR count). The first-order valence-corrected chi connectivity index (χ1v) is 15.8. The van der Waals surface area contributed by atoms with Crippen LogP contribution in [0.2, 0.25) is 0 Å². The number of amides is 2. The maximum absolute atomic E-state index is 13.1. The second-order valence-electron chi connectivity index (χ2n) is 11.3. The number of piperazine rings is 2. The van der Waals surface area contributed by atoms with Crippen LogP contribution in [0, 0.1) is 0 Å². The SMILES string of the molecule is O=C(N[C@H]1CCN(CC(=O)N2CCN(c3ccc(-c4ncccn4)cc3)CC2)C1)c1cc2c(N3CCNCC3)n[nH]c2s1. The largest absolute Gasteiger partial charge is 0.368 e. The van der Waals surface area contributed by atoms with Gasteiger partial charge in [0.15, 0.2) is 11.6 Å². The van der Waals surface area contributed by atoms with E-state index in [-0.39, 0.29) is 17.9 Å². The number of aromatic amines is 1. The Morgan fingerprint density at radius 1 is 0.953 bits per heavy atom. The second kappa shape index (κ2) is 12.3. The van der Waals surface area contributed by atoms with Crippen LogP contribution in [-0.2, 0) is 4.79 Å². The lowest BCUT2D eigenvalue weighted by atomic mass is 10.1. The molecule has 3 N–H and O–H groups in total. The molecule has 0 unspecified atom stereocenters. The molecule has 3 saturated heterocycles. The normalized spacial score (nSPS) is 19.7. The van der Waals surface area contributed by atoms with Gasteiger partial charge in [-0.05, 0) is 42.8 Å². The van der Waals surface area contributed by atoms with Crippen molar-refractivity contribution in [3.63, 3.8) is 0 Å². The molecule has 3 aliphatic heterocycles. The van der Waals surface area contributed by atoms with Crippen LogP contribution in [0.25, 0.3) is 21.6 Å². The first-order chi connectivity index (χ1) is 21.1. The lowest BCUT2D eigenvalue weighted by Gasteiger charge is -2.36. The van der Waals surface area contributed by atoms with E-state index in [1.807, 2.05) is 29.2 Å². The fourth-order valence-corrected chi connectivity index (χ4v) is 7.06. The summed E-state index contributed by atoms with van der Waals surface area (Å²) < 4.78 is 0. The van der Waals surface area contributed by atoms with Crippen LogP contribution in [-0.4, -0.2) is 120 Å². The fraction of sp³-hybridized carbons (Fsp3) is 0.433. The van der Waals surface area contributed by atoms with Crippen molar-refractivity contribution in [3.8, 4) is 11.4 Å². The Balaban J connectivity index is 0.874. The number of likely N-dealkylation sites (tertiary alicyclic amines) is 1. The Bertz CT molecular complexity index is 1560. The smallest absolute Gasteiger partial charge is 0.261 e. The summed E-state index contributed by atoms with van der Waals surface area (Å²) in [7, 11) is 0. The average molecular weight is 601 g/mol. The Hall–Kier alpha value is -4.07. The van der Waals surface area contributed by atoms with Gasteiger partial charge in [-0.25, -0.2) is 9.97 Å². The molecule has 1 atom stereocenters. The van der Waals surface area contributed by atoms with Crippen LogP contribution >= 0.6 is 11.3 Å². The van der Waals surface area contributed by atoms with Crippen LogP contribution in [0.1, 0.15) is 16.1 Å². The molecule has 0 radical (unpaired) electrons. The molecule has 4 aromatic rings. The van der Waals surface area contributed by atoms with E-state index in [0.717, 1.165) is 85.3 Å². The van der Waals surface area contributed by atoms with Gasteiger partial charge < -0.3 is 25.3 Å². The van der Waals surface area contributed by atoms with E-state index < -0.39 is 0 Å². The third-order valence-corrected chi connectivity index (χ3v) is 9.57. The van der Waals surface area contributed by atoms with Crippen molar-refractivity contribution in [3.05, 3.63) is 53.7 Å². The summed E-state index contributed by atoms with van der Waals surface area (Å²) >= 11 is 1.45. The van der Waals surface area contributed by atoms with Gasteiger partial charge in [0.2, 0.25) is 5.91 Å². The number of carbonyl (C=O) groups excluding carboxylic acids is 2. The highest BCUT2D eigenvalue weighted by molar-refractivity contribution is 7.20. The molecule has 3 aliphatic rings. The van der Waals surface area contributed by atoms with Crippen molar-refractivity contribution in [2.45, 2.75) is 12.5 Å². The minimum atomic E-state index is -0.0560. The van der Waals surface area contributed by atoms with E-state index in [4.69, 9.17) is 0 Å². The summed E-state index contributed by atoms with van der Waals surface area (Å²) in [4.78, 5) is 45.2. The van der Waals surface area contributed by atoms with Gasteiger partial charge in [-0.15, -0.1) is 11.3 Å². The zero-order chi connectivity index (χ0) is 29.2. The van der Waals surface area contributed by atoms with Gasteiger partial charge in [0, 0.05) is 95.1 Å². The number of nitrogens with one attached hydrogen (secondary N) is 3. The summed E-state index contributed by atoms with van der Waals surface area (Å²) in [5.74, 6) is 1.74. The molecule has 6 heterocycles. The number of hydrogen-bond donors (Lipinski definition) is 3. The molecule has 2 amide bonds. The second-order valence-corrected chi connectivity index (χ2v) is 12.4. The monoisotopic (exact) mass is 600 g/mol. The number of nitrogens with zero attached hydrogens (tertiary/aromatic N) is 7. The van der Waals surface area contributed by atoms with E-state index in [1.165, 1.54) is 11.3 Å². The molecular weight excluding hydrogens is 564 g/mol. The molecule has 1 aromatic carbocycles. The Labute approximate surface area is 254 Å². The molecule has 3 fully saturated rings. The molecule has 13 heteroatoms. The van der Waals surface area contributed by atoms with Gasteiger partial charge in [-0.3, -0.25) is 19.6 Å². The first kappa shape index (κ1) is 27.7. The summed E-state index contributed by atoms with van der Waals surface area (Å²) in [6, 6.07) is 12.1. The van der Waals surface area contributed by atoms with Crippen LogP contribution in [0.4, 0.5) is 11.5 Å². The van der Waals surface area contributed by atoms with Crippen LogP contribution in [0.3, 0.4) is 0 Å². The van der Waals surface area contributed by atoms with Gasteiger partial charge in [0.05, 0.1) is 16.8 Å². The Morgan fingerprint density at radius 2 is 1.72 bits per heavy atom. The van der Waals surface area contributed by atoms with E-state index in [0.29, 0.717) is 31.1 Å². The van der Waals surface area contributed by atoms with Crippen molar-refractivity contribution in [1.82, 2.24) is 40.6 Å². The third kappa shape index (κ3) is 6.05. The van der Waals surface area contributed by atoms with Gasteiger partial charge in [-0.1, -0.05) is 0 Å². The third-order valence-electron chi connectivity index (χ3n) is 8.53. The van der Waals surface area contributed by atoms with Crippen molar-refractivity contribution in [1.29, 1.82) is 0 Å². The van der Waals surface area contributed by atoms with Gasteiger partial charge in [0.1, 0.15) is 4.83 Å². The highest BCUT2D eigenvalue weighted by Crippen LogP contribution is 2.31. The van der Waals surface area contributed by atoms with Crippen LogP contribution in [0.5, 0.6) is 0 Å². The van der Waals surface area contributed by atoms with Crippen molar-refractivity contribution < 1.29 is 9.59 Å². The highest BCUT2D eigenvalue weighted by Gasteiger charge is 2.29. The molecule has 0 bridgehead atoms. The zero-order valence-electron chi connectivity index (χ0n) is 24.0. The number of carbonyl (C=O) groups is 2. The number of aromatic nitrogens is 4. The molecule has 224 valence electrons. The van der Waals surface area contributed by atoms with E-state index in [1.54, 1.807) is 12.4 Å².